The van der Waals surface area contributed by atoms with E-state index in [0.29, 0.717) is 6.54 Å². The molecule has 0 spiro atoms. The fourth-order valence-corrected chi connectivity index (χ4v) is 2.68. The molecule has 0 fully saturated rings. The second kappa shape index (κ2) is 6.97. The van der Waals surface area contributed by atoms with Crippen molar-refractivity contribution in [1.29, 1.82) is 0 Å². The Morgan fingerprint density at radius 1 is 0.917 bits per heavy atom. The summed E-state index contributed by atoms with van der Waals surface area (Å²) >= 11 is 0. The van der Waals surface area contributed by atoms with Crippen molar-refractivity contribution >= 4 is 10.8 Å². The molecule has 4 heteroatoms. The predicted octanol–water partition coefficient (Wildman–Crippen LogP) is 4.98. The summed E-state index contributed by atoms with van der Waals surface area (Å²) < 4.78 is 31.6. The van der Waals surface area contributed by atoms with Gasteiger partial charge in [0.1, 0.15) is 5.75 Å². The molecule has 1 atom stereocenters. The van der Waals surface area contributed by atoms with E-state index in [4.69, 9.17) is 4.74 Å². The van der Waals surface area contributed by atoms with Gasteiger partial charge in [0, 0.05) is 12.6 Å². The van der Waals surface area contributed by atoms with E-state index < -0.39 is 11.6 Å². The van der Waals surface area contributed by atoms with Crippen molar-refractivity contribution in [3.8, 4) is 5.75 Å². The Hall–Kier alpha value is -2.46. The average molecular weight is 327 g/mol. The summed E-state index contributed by atoms with van der Waals surface area (Å²) in [7, 11) is 1.65. The third-order valence-electron chi connectivity index (χ3n) is 4.17. The standard InChI is InChI=1S/C20H19F2NO/c1-13(15-6-8-19(21)20(22)11-15)23-12-14-3-4-17-10-18(24-2)7-5-16(17)9-14/h3-11,13,23H,12H2,1-2H3. The van der Waals surface area contributed by atoms with E-state index in [-0.39, 0.29) is 6.04 Å². The van der Waals surface area contributed by atoms with Gasteiger partial charge in [-0.05, 0) is 59.2 Å². The highest BCUT2D eigenvalue weighted by molar-refractivity contribution is 5.84. The van der Waals surface area contributed by atoms with Crippen LogP contribution in [0.15, 0.2) is 54.6 Å². The van der Waals surface area contributed by atoms with Gasteiger partial charge in [-0.3, -0.25) is 0 Å². The van der Waals surface area contributed by atoms with Crippen molar-refractivity contribution < 1.29 is 13.5 Å². The summed E-state index contributed by atoms with van der Waals surface area (Å²) in [5.41, 5.74) is 1.85. The van der Waals surface area contributed by atoms with Crippen LogP contribution in [0.4, 0.5) is 8.78 Å². The highest BCUT2D eigenvalue weighted by Gasteiger charge is 2.09. The lowest BCUT2D eigenvalue weighted by atomic mass is 10.1. The monoisotopic (exact) mass is 327 g/mol. The summed E-state index contributed by atoms with van der Waals surface area (Å²) in [5, 5.41) is 5.59. The average Bonchev–Trinajstić information content (AvgIpc) is 2.61. The first-order valence-corrected chi connectivity index (χ1v) is 7.82. The van der Waals surface area contributed by atoms with Crippen LogP contribution in [-0.2, 0) is 6.54 Å². The largest absolute Gasteiger partial charge is 0.497 e. The Morgan fingerprint density at radius 2 is 1.67 bits per heavy atom. The van der Waals surface area contributed by atoms with Gasteiger partial charge in [-0.25, -0.2) is 8.78 Å². The van der Waals surface area contributed by atoms with Crippen LogP contribution in [-0.4, -0.2) is 7.11 Å². The van der Waals surface area contributed by atoms with Gasteiger partial charge in [-0.1, -0.05) is 24.3 Å². The number of rotatable bonds is 5. The minimum atomic E-state index is -0.823. The van der Waals surface area contributed by atoms with Crippen molar-refractivity contribution in [2.75, 3.05) is 7.11 Å². The second-order valence-electron chi connectivity index (χ2n) is 5.82. The van der Waals surface area contributed by atoms with Crippen LogP contribution in [0.3, 0.4) is 0 Å². The SMILES string of the molecule is COc1ccc2cc(CNC(C)c3ccc(F)c(F)c3)ccc2c1. The summed E-state index contributed by atoms with van der Waals surface area (Å²) in [5.74, 6) is -0.808. The minimum Gasteiger partial charge on any atom is -0.497 e. The van der Waals surface area contributed by atoms with Crippen LogP contribution < -0.4 is 10.1 Å². The van der Waals surface area contributed by atoms with E-state index in [9.17, 15) is 8.78 Å². The molecule has 2 nitrogen and oxygen atoms in total. The fraction of sp³-hybridized carbons (Fsp3) is 0.200. The normalized spacial score (nSPS) is 12.3. The molecule has 0 bridgehead atoms. The van der Waals surface area contributed by atoms with Gasteiger partial charge in [-0.2, -0.15) is 0 Å². The maximum atomic E-state index is 13.3. The van der Waals surface area contributed by atoms with Crippen LogP contribution in [0.5, 0.6) is 5.75 Å². The van der Waals surface area contributed by atoms with E-state index >= 15 is 0 Å². The molecule has 0 aliphatic carbocycles. The number of benzene rings is 3. The molecule has 24 heavy (non-hydrogen) atoms. The third-order valence-corrected chi connectivity index (χ3v) is 4.17. The first-order valence-electron chi connectivity index (χ1n) is 7.82. The summed E-state index contributed by atoms with van der Waals surface area (Å²) in [6.45, 7) is 2.57. The van der Waals surface area contributed by atoms with Crippen molar-refractivity contribution in [3.05, 3.63) is 77.4 Å². The maximum absolute atomic E-state index is 13.3. The first kappa shape index (κ1) is 16.4. The smallest absolute Gasteiger partial charge is 0.159 e. The van der Waals surface area contributed by atoms with Crippen LogP contribution >= 0.6 is 0 Å². The van der Waals surface area contributed by atoms with Gasteiger partial charge in [-0.15, -0.1) is 0 Å². The molecule has 0 aliphatic rings. The lowest BCUT2D eigenvalue weighted by Crippen LogP contribution is -2.18. The molecule has 3 aromatic carbocycles. The molecule has 0 amide bonds. The van der Waals surface area contributed by atoms with Crippen LogP contribution in [0.2, 0.25) is 0 Å². The molecule has 0 aromatic heterocycles. The van der Waals surface area contributed by atoms with Crippen LogP contribution in [0.1, 0.15) is 24.1 Å². The molecule has 124 valence electrons. The number of fused-ring (bicyclic) bond motifs is 1. The van der Waals surface area contributed by atoms with E-state index in [1.54, 1.807) is 13.2 Å². The number of ether oxygens (including phenoxy) is 1. The molecule has 0 aliphatic heterocycles. The molecule has 3 aromatic rings. The molecule has 3 rings (SSSR count). The zero-order chi connectivity index (χ0) is 17.1. The molecule has 0 heterocycles. The zero-order valence-corrected chi connectivity index (χ0v) is 13.6. The molecular formula is C20H19F2NO. The van der Waals surface area contributed by atoms with E-state index in [1.807, 2.05) is 31.2 Å². The summed E-state index contributed by atoms with van der Waals surface area (Å²) in [4.78, 5) is 0. The highest BCUT2D eigenvalue weighted by atomic mass is 19.2. The quantitative estimate of drug-likeness (QED) is 0.714. The Balaban J connectivity index is 1.71. The summed E-state index contributed by atoms with van der Waals surface area (Å²) in [6.07, 6.45) is 0. The van der Waals surface area contributed by atoms with Crippen molar-refractivity contribution in [2.45, 2.75) is 19.5 Å². The molecule has 1 unspecified atom stereocenters. The maximum Gasteiger partial charge on any atom is 0.159 e. The molecule has 1 N–H and O–H groups in total. The number of hydrogen-bond acceptors (Lipinski definition) is 2. The zero-order valence-electron chi connectivity index (χ0n) is 13.6. The number of hydrogen-bond donors (Lipinski definition) is 1. The lowest BCUT2D eigenvalue weighted by molar-refractivity contribution is 0.415. The first-order chi connectivity index (χ1) is 11.6. The van der Waals surface area contributed by atoms with E-state index in [2.05, 4.69) is 17.4 Å². The Morgan fingerprint density at radius 3 is 2.42 bits per heavy atom. The van der Waals surface area contributed by atoms with Gasteiger partial charge in [0.15, 0.2) is 11.6 Å². The molecular weight excluding hydrogens is 308 g/mol. The van der Waals surface area contributed by atoms with Gasteiger partial charge in [0.2, 0.25) is 0 Å². The Bertz CT molecular complexity index is 863. The van der Waals surface area contributed by atoms with Crippen molar-refractivity contribution in [1.82, 2.24) is 5.32 Å². The lowest BCUT2D eigenvalue weighted by Gasteiger charge is -2.15. The molecule has 0 radical (unpaired) electrons. The van der Waals surface area contributed by atoms with E-state index in [0.717, 1.165) is 33.7 Å². The second-order valence-corrected chi connectivity index (χ2v) is 5.82. The van der Waals surface area contributed by atoms with Gasteiger partial charge >= 0.3 is 0 Å². The third kappa shape index (κ3) is 3.54. The van der Waals surface area contributed by atoms with Gasteiger partial charge < -0.3 is 10.1 Å². The minimum absolute atomic E-state index is 0.0772. The number of methoxy groups -OCH3 is 1. The fourth-order valence-electron chi connectivity index (χ4n) is 2.68. The topological polar surface area (TPSA) is 21.3 Å². The van der Waals surface area contributed by atoms with Crippen molar-refractivity contribution in [2.24, 2.45) is 0 Å². The van der Waals surface area contributed by atoms with Crippen LogP contribution in [0, 0.1) is 11.6 Å². The van der Waals surface area contributed by atoms with Gasteiger partial charge in [0.25, 0.3) is 0 Å². The molecule has 0 saturated carbocycles. The number of halogens is 2. The highest BCUT2D eigenvalue weighted by Crippen LogP contribution is 2.22. The van der Waals surface area contributed by atoms with E-state index in [1.165, 1.54) is 6.07 Å². The van der Waals surface area contributed by atoms with Gasteiger partial charge in [0.05, 0.1) is 7.11 Å². The Labute approximate surface area is 140 Å². The molecule has 0 saturated heterocycles. The van der Waals surface area contributed by atoms with Crippen molar-refractivity contribution in [3.63, 3.8) is 0 Å². The summed E-state index contributed by atoms with van der Waals surface area (Å²) in [6, 6.07) is 16.1. The predicted molar refractivity (Wildman–Crippen MR) is 92.1 cm³/mol. The Kier molecular flexibility index (Phi) is 4.76. The van der Waals surface area contributed by atoms with Crippen LogP contribution in [0.25, 0.3) is 10.8 Å². The number of nitrogens with one attached hydrogen (secondary N) is 1.